The highest BCUT2D eigenvalue weighted by molar-refractivity contribution is 8.00. The maximum Gasteiger partial charge on any atom is 0.243 e. The number of para-hydroxylation sites is 1. The van der Waals surface area contributed by atoms with E-state index in [9.17, 15) is 9.59 Å². The largest absolute Gasteiger partial charge is 0.346 e. The monoisotopic (exact) mass is 362 g/mol. The highest BCUT2D eigenvalue weighted by Crippen LogP contribution is 2.20. The summed E-state index contributed by atoms with van der Waals surface area (Å²) in [5.41, 5.74) is 2.79. The molecule has 0 fully saturated rings. The second kappa shape index (κ2) is 8.76. The van der Waals surface area contributed by atoms with Gasteiger partial charge in [-0.1, -0.05) is 29.8 Å². The Balaban J connectivity index is 1.77. The summed E-state index contributed by atoms with van der Waals surface area (Å²) in [4.78, 5) is 24.8. The predicted octanol–water partition coefficient (Wildman–Crippen LogP) is 3.80. The lowest BCUT2D eigenvalue weighted by atomic mass is 10.1. The van der Waals surface area contributed by atoms with E-state index >= 15 is 0 Å². The van der Waals surface area contributed by atoms with E-state index in [1.54, 1.807) is 12.1 Å². The fourth-order valence-corrected chi connectivity index (χ4v) is 2.96. The molecule has 0 aliphatic carbocycles. The van der Waals surface area contributed by atoms with Crippen molar-refractivity contribution in [3.63, 3.8) is 0 Å². The maximum absolute atomic E-state index is 12.0. The summed E-state index contributed by atoms with van der Waals surface area (Å²) in [6.07, 6.45) is 0. The Hall–Kier alpha value is -1.98. The lowest BCUT2D eigenvalue weighted by Crippen LogP contribution is -2.34. The zero-order valence-electron chi connectivity index (χ0n) is 13.6. The number of amides is 2. The van der Waals surface area contributed by atoms with Crippen LogP contribution in [0.25, 0.3) is 0 Å². The van der Waals surface area contributed by atoms with Crippen molar-refractivity contribution in [2.75, 3.05) is 17.6 Å². The number of aryl methyl sites for hydroxylation is 2. The number of thioether (sulfide) groups is 1. The van der Waals surface area contributed by atoms with Crippen molar-refractivity contribution < 1.29 is 9.59 Å². The Kier molecular flexibility index (Phi) is 6.70. The van der Waals surface area contributed by atoms with E-state index in [1.807, 2.05) is 44.2 Å². The first kappa shape index (κ1) is 18.4. The summed E-state index contributed by atoms with van der Waals surface area (Å²) in [6, 6.07) is 13.1. The van der Waals surface area contributed by atoms with Crippen LogP contribution in [0.15, 0.2) is 47.4 Å². The van der Waals surface area contributed by atoms with Gasteiger partial charge in [-0.25, -0.2) is 0 Å². The molecule has 2 rings (SSSR count). The number of carbonyl (C=O) groups is 2. The van der Waals surface area contributed by atoms with Crippen LogP contribution in [0.3, 0.4) is 0 Å². The molecule has 2 amide bonds. The SMILES string of the molecule is Cc1cccc(C)c1NC(=O)CNC(=O)CSc1ccc(Cl)cc1. The quantitative estimate of drug-likeness (QED) is 0.768. The Morgan fingerprint density at radius 1 is 1.00 bits per heavy atom. The summed E-state index contributed by atoms with van der Waals surface area (Å²) in [7, 11) is 0. The highest BCUT2D eigenvalue weighted by Gasteiger charge is 2.09. The third-order valence-electron chi connectivity index (χ3n) is 3.38. The summed E-state index contributed by atoms with van der Waals surface area (Å²) in [5.74, 6) is -0.179. The molecule has 2 aromatic carbocycles. The molecule has 2 N–H and O–H groups in total. The van der Waals surface area contributed by atoms with Crippen LogP contribution in [0.4, 0.5) is 5.69 Å². The molecular weight excluding hydrogens is 344 g/mol. The minimum absolute atomic E-state index is 0.0478. The molecule has 4 nitrogen and oxygen atoms in total. The fraction of sp³-hybridized carbons (Fsp3) is 0.222. The predicted molar refractivity (Wildman–Crippen MR) is 99.7 cm³/mol. The van der Waals surface area contributed by atoms with Gasteiger partial charge in [0.2, 0.25) is 11.8 Å². The normalized spacial score (nSPS) is 10.3. The van der Waals surface area contributed by atoms with Crippen LogP contribution in [0.2, 0.25) is 5.02 Å². The number of nitrogens with one attached hydrogen (secondary N) is 2. The van der Waals surface area contributed by atoms with Gasteiger partial charge >= 0.3 is 0 Å². The summed E-state index contributed by atoms with van der Waals surface area (Å²) in [6.45, 7) is 3.82. The Labute approximate surface area is 151 Å². The molecular formula is C18H19ClN2O2S. The molecule has 0 saturated carbocycles. The van der Waals surface area contributed by atoms with E-state index in [0.29, 0.717) is 5.02 Å². The van der Waals surface area contributed by atoms with Gasteiger partial charge in [0, 0.05) is 15.6 Å². The van der Waals surface area contributed by atoms with Crippen molar-refractivity contribution in [3.05, 3.63) is 58.6 Å². The second-order valence-corrected chi connectivity index (χ2v) is 6.82. The minimum Gasteiger partial charge on any atom is -0.346 e. The third-order valence-corrected chi connectivity index (χ3v) is 4.64. The van der Waals surface area contributed by atoms with Gasteiger partial charge in [-0.3, -0.25) is 9.59 Å². The number of hydrogen-bond donors (Lipinski definition) is 2. The van der Waals surface area contributed by atoms with Gasteiger partial charge in [0.15, 0.2) is 0 Å². The third kappa shape index (κ3) is 5.58. The lowest BCUT2D eigenvalue weighted by Gasteiger charge is -2.12. The molecule has 2 aromatic rings. The van der Waals surface area contributed by atoms with Crippen LogP contribution >= 0.6 is 23.4 Å². The van der Waals surface area contributed by atoms with Gasteiger partial charge in [-0.05, 0) is 49.2 Å². The van der Waals surface area contributed by atoms with Crippen molar-refractivity contribution in [1.82, 2.24) is 5.32 Å². The fourth-order valence-electron chi connectivity index (χ4n) is 2.10. The topological polar surface area (TPSA) is 58.2 Å². The molecule has 0 atom stereocenters. The average molecular weight is 363 g/mol. The van der Waals surface area contributed by atoms with Gasteiger partial charge in [-0.15, -0.1) is 11.8 Å². The maximum atomic E-state index is 12.0. The molecule has 6 heteroatoms. The van der Waals surface area contributed by atoms with Crippen molar-refractivity contribution in [2.24, 2.45) is 0 Å². The highest BCUT2D eigenvalue weighted by atomic mass is 35.5. The number of rotatable bonds is 6. The second-order valence-electron chi connectivity index (χ2n) is 5.33. The van der Waals surface area contributed by atoms with E-state index in [4.69, 9.17) is 11.6 Å². The van der Waals surface area contributed by atoms with Gasteiger partial charge in [-0.2, -0.15) is 0 Å². The molecule has 0 aliphatic rings. The summed E-state index contributed by atoms with van der Waals surface area (Å²) < 4.78 is 0. The first-order valence-corrected chi connectivity index (χ1v) is 8.83. The van der Waals surface area contributed by atoms with E-state index in [2.05, 4.69) is 10.6 Å². The van der Waals surface area contributed by atoms with Crippen LogP contribution in [-0.4, -0.2) is 24.1 Å². The Morgan fingerprint density at radius 3 is 2.25 bits per heavy atom. The first-order valence-electron chi connectivity index (χ1n) is 7.47. The number of anilines is 1. The van der Waals surface area contributed by atoms with Crippen LogP contribution in [0, 0.1) is 13.8 Å². The Morgan fingerprint density at radius 2 is 1.62 bits per heavy atom. The van der Waals surface area contributed by atoms with E-state index in [1.165, 1.54) is 11.8 Å². The van der Waals surface area contributed by atoms with Crippen LogP contribution in [0.5, 0.6) is 0 Å². The minimum atomic E-state index is -0.239. The molecule has 0 unspecified atom stereocenters. The van der Waals surface area contributed by atoms with Crippen molar-refractivity contribution in [2.45, 2.75) is 18.7 Å². The van der Waals surface area contributed by atoms with Gasteiger partial charge in [0.1, 0.15) is 0 Å². The summed E-state index contributed by atoms with van der Waals surface area (Å²) in [5, 5.41) is 6.12. The van der Waals surface area contributed by atoms with E-state index in [-0.39, 0.29) is 24.1 Å². The van der Waals surface area contributed by atoms with Gasteiger partial charge in [0.05, 0.1) is 12.3 Å². The molecule has 24 heavy (non-hydrogen) atoms. The molecule has 0 aromatic heterocycles. The van der Waals surface area contributed by atoms with Gasteiger partial charge in [0.25, 0.3) is 0 Å². The molecule has 0 heterocycles. The number of carbonyl (C=O) groups excluding carboxylic acids is 2. The first-order chi connectivity index (χ1) is 11.5. The number of hydrogen-bond acceptors (Lipinski definition) is 3. The van der Waals surface area contributed by atoms with Crippen molar-refractivity contribution in [1.29, 1.82) is 0 Å². The molecule has 0 spiro atoms. The van der Waals surface area contributed by atoms with Crippen LogP contribution in [0.1, 0.15) is 11.1 Å². The Bertz CT molecular complexity index is 712. The zero-order valence-corrected chi connectivity index (χ0v) is 15.1. The standard InChI is InChI=1S/C18H19ClN2O2S/c1-12-4-3-5-13(2)18(12)21-16(22)10-20-17(23)11-24-15-8-6-14(19)7-9-15/h3-9H,10-11H2,1-2H3,(H,20,23)(H,21,22). The van der Waals surface area contributed by atoms with Crippen molar-refractivity contribution in [3.8, 4) is 0 Å². The molecule has 0 radical (unpaired) electrons. The average Bonchev–Trinajstić information content (AvgIpc) is 2.56. The van der Waals surface area contributed by atoms with E-state index < -0.39 is 0 Å². The van der Waals surface area contributed by atoms with Crippen LogP contribution < -0.4 is 10.6 Å². The van der Waals surface area contributed by atoms with Crippen molar-refractivity contribution >= 4 is 40.9 Å². The smallest absolute Gasteiger partial charge is 0.243 e. The van der Waals surface area contributed by atoms with E-state index in [0.717, 1.165) is 21.7 Å². The molecule has 0 saturated heterocycles. The molecule has 126 valence electrons. The number of benzene rings is 2. The van der Waals surface area contributed by atoms with Crippen LogP contribution in [-0.2, 0) is 9.59 Å². The molecule has 0 aliphatic heterocycles. The summed E-state index contributed by atoms with van der Waals surface area (Å²) >= 11 is 7.21. The van der Waals surface area contributed by atoms with Gasteiger partial charge < -0.3 is 10.6 Å². The number of halogens is 1. The molecule has 0 bridgehead atoms. The zero-order chi connectivity index (χ0) is 17.5. The lowest BCUT2D eigenvalue weighted by molar-refractivity contribution is -0.122.